The van der Waals surface area contributed by atoms with Crippen LogP contribution in [0.25, 0.3) is 0 Å². The molecule has 144 valence electrons. The van der Waals surface area contributed by atoms with Gasteiger partial charge in [-0.05, 0) is 61.7 Å². The van der Waals surface area contributed by atoms with Gasteiger partial charge in [0.25, 0.3) is 0 Å². The van der Waals surface area contributed by atoms with Crippen LogP contribution in [0.3, 0.4) is 0 Å². The molecule has 27 heavy (non-hydrogen) atoms. The van der Waals surface area contributed by atoms with Crippen LogP contribution < -0.4 is 4.74 Å². The summed E-state index contributed by atoms with van der Waals surface area (Å²) in [7, 11) is 3.41. The molecular formula is C22H27NO4. The van der Waals surface area contributed by atoms with Gasteiger partial charge in [0.05, 0.1) is 12.7 Å². The standard InChI is InChI=1S/C22H27NO4/c1-23(21-9-5-7-16-6-3-4-8-20(16)21)14-18(24)15-27-19-12-10-17(11-13-19)22(25)26-2/h3-4,6,8,10-13,18,21,24H,5,7,9,14-15H2,1-2H3. The first kappa shape index (κ1) is 19.4. The Kier molecular flexibility index (Phi) is 6.48. The fraction of sp³-hybridized carbons (Fsp3) is 0.409. The van der Waals surface area contributed by atoms with E-state index in [-0.39, 0.29) is 12.6 Å². The van der Waals surface area contributed by atoms with E-state index in [0.717, 1.165) is 12.8 Å². The first-order valence-corrected chi connectivity index (χ1v) is 9.35. The Hall–Kier alpha value is -2.37. The summed E-state index contributed by atoms with van der Waals surface area (Å²) in [6.45, 7) is 0.746. The first-order valence-electron chi connectivity index (χ1n) is 9.35. The fourth-order valence-corrected chi connectivity index (χ4v) is 3.70. The number of hydrogen-bond donors (Lipinski definition) is 1. The first-order chi connectivity index (χ1) is 13.1. The van der Waals surface area contributed by atoms with E-state index in [1.165, 1.54) is 24.7 Å². The lowest BCUT2D eigenvalue weighted by atomic mass is 9.87. The number of aliphatic hydroxyl groups excluding tert-OH is 1. The minimum atomic E-state index is -0.593. The molecule has 0 spiro atoms. The quantitative estimate of drug-likeness (QED) is 0.760. The Balaban J connectivity index is 1.52. The van der Waals surface area contributed by atoms with Gasteiger partial charge in [0.2, 0.25) is 0 Å². The van der Waals surface area contributed by atoms with E-state index >= 15 is 0 Å². The van der Waals surface area contributed by atoms with Crippen LogP contribution in [0.4, 0.5) is 0 Å². The molecule has 0 saturated heterocycles. The number of carbonyl (C=O) groups is 1. The maximum Gasteiger partial charge on any atom is 0.337 e. The van der Waals surface area contributed by atoms with Crippen LogP contribution in [0, 0.1) is 0 Å². The summed E-state index contributed by atoms with van der Waals surface area (Å²) in [5.74, 6) is 0.239. The third-order valence-corrected chi connectivity index (χ3v) is 5.09. The Labute approximate surface area is 160 Å². The predicted molar refractivity (Wildman–Crippen MR) is 104 cm³/mol. The van der Waals surface area contributed by atoms with Crippen LogP contribution in [-0.2, 0) is 11.2 Å². The minimum absolute atomic E-state index is 0.205. The lowest BCUT2D eigenvalue weighted by Gasteiger charge is -2.34. The van der Waals surface area contributed by atoms with Crippen LogP contribution in [0.2, 0.25) is 0 Å². The average molecular weight is 369 g/mol. The van der Waals surface area contributed by atoms with E-state index in [1.54, 1.807) is 24.3 Å². The smallest absolute Gasteiger partial charge is 0.337 e. The summed E-state index contributed by atoms with van der Waals surface area (Å²) in [4.78, 5) is 13.7. The highest BCUT2D eigenvalue weighted by molar-refractivity contribution is 5.89. The molecule has 0 aromatic heterocycles. The number of aryl methyl sites for hydroxylation is 1. The van der Waals surface area contributed by atoms with E-state index in [4.69, 9.17) is 4.74 Å². The topological polar surface area (TPSA) is 59.0 Å². The molecule has 0 fully saturated rings. The van der Waals surface area contributed by atoms with Crippen molar-refractivity contribution in [3.63, 3.8) is 0 Å². The molecule has 3 rings (SSSR count). The monoisotopic (exact) mass is 369 g/mol. The van der Waals surface area contributed by atoms with Gasteiger partial charge in [0, 0.05) is 12.6 Å². The molecule has 0 bridgehead atoms. The highest BCUT2D eigenvalue weighted by Crippen LogP contribution is 2.33. The van der Waals surface area contributed by atoms with E-state index in [0.29, 0.717) is 23.9 Å². The van der Waals surface area contributed by atoms with Crippen molar-refractivity contribution in [1.82, 2.24) is 4.90 Å². The second-order valence-corrected chi connectivity index (χ2v) is 7.03. The maximum absolute atomic E-state index is 11.4. The summed E-state index contributed by atoms with van der Waals surface area (Å²) in [6, 6.07) is 15.6. The zero-order valence-electron chi connectivity index (χ0n) is 15.9. The van der Waals surface area contributed by atoms with E-state index in [2.05, 4.69) is 40.9 Å². The molecule has 2 atom stereocenters. The SMILES string of the molecule is COC(=O)c1ccc(OCC(O)CN(C)C2CCCc3ccccc32)cc1. The van der Waals surface area contributed by atoms with Crippen molar-refractivity contribution in [2.75, 3.05) is 27.3 Å². The van der Waals surface area contributed by atoms with Crippen molar-refractivity contribution in [1.29, 1.82) is 0 Å². The number of likely N-dealkylation sites (N-methyl/N-ethyl adjacent to an activating group) is 1. The van der Waals surface area contributed by atoms with E-state index in [9.17, 15) is 9.90 Å². The predicted octanol–water partition coefficient (Wildman–Crippen LogP) is 3.22. The summed E-state index contributed by atoms with van der Waals surface area (Å²) in [5, 5.41) is 10.4. The van der Waals surface area contributed by atoms with Gasteiger partial charge in [-0.1, -0.05) is 24.3 Å². The molecule has 2 aromatic rings. The highest BCUT2D eigenvalue weighted by atomic mass is 16.5. The van der Waals surface area contributed by atoms with Gasteiger partial charge in [-0.25, -0.2) is 4.79 Å². The van der Waals surface area contributed by atoms with Crippen molar-refractivity contribution in [2.45, 2.75) is 31.4 Å². The van der Waals surface area contributed by atoms with Gasteiger partial charge in [0.1, 0.15) is 18.5 Å². The van der Waals surface area contributed by atoms with Crippen LogP contribution in [-0.4, -0.2) is 49.4 Å². The molecular weight excluding hydrogens is 342 g/mol. The molecule has 1 aliphatic rings. The molecule has 0 radical (unpaired) electrons. The van der Waals surface area contributed by atoms with Gasteiger partial charge < -0.3 is 14.6 Å². The largest absolute Gasteiger partial charge is 0.491 e. The number of nitrogens with zero attached hydrogens (tertiary/aromatic N) is 1. The molecule has 0 amide bonds. The summed E-state index contributed by atoms with van der Waals surface area (Å²) < 4.78 is 10.3. The van der Waals surface area contributed by atoms with Crippen molar-refractivity contribution >= 4 is 5.97 Å². The van der Waals surface area contributed by atoms with Gasteiger partial charge in [-0.15, -0.1) is 0 Å². The average Bonchev–Trinajstić information content (AvgIpc) is 2.71. The van der Waals surface area contributed by atoms with Crippen LogP contribution in [0.1, 0.15) is 40.4 Å². The number of esters is 1. The minimum Gasteiger partial charge on any atom is -0.491 e. The van der Waals surface area contributed by atoms with Crippen LogP contribution >= 0.6 is 0 Å². The molecule has 2 unspecified atom stereocenters. The number of methoxy groups -OCH3 is 1. The zero-order chi connectivity index (χ0) is 19.2. The fourth-order valence-electron chi connectivity index (χ4n) is 3.70. The van der Waals surface area contributed by atoms with Crippen molar-refractivity contribution in [2.24, 2.45) is 0 Å². The number of benzene rings is 2. The van der Waals surface area contributed by atoms with Crippen LogP contribution in [0.5, 0.6) is 5.75 Å². The number of aliphatic hydroxyl groups is 1. The number of fused-ring (bicyclic) bond motifs is 1. The van der Waals surface area contributed by atoms with Gasteiger partial charge in [-0.3, -0.25) is 4.90 Å². The maximum atomic E-state index is 11.4. The van der Waals surface area contributed by atoms with Gasteiger partial charge >= 0.3 is 5.97 Å². The molecule has 1 N–H and O–H groups in total. The number of rotatable bonds is 7. The molecule has 0 saturated carbocycles. The van der Waals surface area contributed by atoms with Crippen LogP contribution in [0.15, 0.2) is 48.5 Å². The third-order valence-electron chi connectivity index (χ3n) is 5.09. The number of carbonyl (C=O) groups excluding carboxylic acids is 1. The Morgan fingerprint density at radius 3 is 2.70 bits per heavy atom. The normalized spacial score (nSPS) is 17.3. The Bertz CT molecular complexity index is 759. The molecule has 0 aliphatic heterocycles. The van der Waals surface area contributed by atoms with Crippen molar-refractivity contribution in [3.05, 3.63) is 65.2 Å². The lowest BCUT2D eigenvalue weighted by molar-refractivity contribution is 0.0589. The summed E-state index contributed by atoms with van der Waals surface area (Å²) in [6.07, 6.45) is 2.82. The van der Waals surface area contributed by atoms with Gasteiger partial charge in [0.15, 0.2) is 0 Å². The zero-order valence-corrected chi connectivity index (χ0v) is 15.9. The summed E-state index contributed by atoms with van der Waals surface area (Å²) >= 11 is 0. The van der Waals surface area contributed by atoms with Gasteiger partial charge in [-0.2, -0.15) is 0 Å². The molecule has 2 aromatic carbocycles. The van der Waals surface area contributed by atoms with Crippen molar-refractivity contribution < 1.29 is 19.4 Å². The number of ether oxygens (including phenoxy) is 2. The molecule has 1 aliphatic carbocycles. The Morgan fingerprint density at radius 2 is 1.96 bits per heavy atom. The highest BCUT2D eigenvalue weighted by Gasteiger charge is 2.24. The molecule has 5 heteroatoms. The van der Waals surface area contributed by atoms with E-state index in [1.807, 2.05) is 0 Å². The van der Waals surface area contributed by atoms with E-state index < -0.39 is 6.10 Å². The molecule has 0 heterocycles. The third kappa shape index (κ3) is 4.87. The molecule has 5 nitrogen and oxygen atoms in total. The Morgan fingerprint density at radius 1 is 1.22 bits per heavy atom. The second kappa shape index (κ2) is 9.02. The second-order valence-electron chi connectivity index (χ2n) is 7.03. The number of hydrogen-bond acceptors (Lipinski definition) is 5. The summed E-state index contributed by atoms with van der Waals surface area (Å²) in [5.41, 5.74) is 3.26. The lowest BCUT2D eigenvalue weighted by Crippen LogP contribution is -2.36. The van der Waals surface area contributed by atoms with Crippen molar-refractivity contribution in [3.8, 4) is 5.75 Å².